The lowest BCUT2D eigenvalue weighted by atomic mass is 9.92. The van der Waals surface area contributed by atoms with Crippen LogP contribution in [-0.4, -0.2) is 28.1 Å². The second-order valence-corrected chi connectivity index (χ2v) is 8.70. The zero-order chi connectivity index (χ0) is 22.5. The monoisotopic (exact) mass is 429 g/mol. The molecule has 1 amide bonds. The molecule has 5 nitrogen and oxygen atoms in total. The predicted molar refractivity (Wildman–Crippen MR) is 129 cm³/mol. The SMILES string of the molecule is Cc1ccc(C(=O)N[C@H]2CCCC[C@@H]2O)cc1N[C@@H](C)c1cncc(-c2ccccc2)c1. The van der Waals surface area contributed by atoms with E-state index in [4.69, 9.17) is 0 Å². The lowest BCUT2D eigenvalue weighted by molar-refractivity contribution is 0.0717. The zero-order valence-corrected chi connectivity index (χ0v) is 18.7. The lowest BCUT2D eigenvalue weighted by Crippen LogP contribution is -2.45. The second kappa shape index (κ2) is 9.96. The van der Waals surface area contributed by atoms with Gasteiger partial charge >= 0.3 is 0 Å². The van der Waals surface area contributed by atoms with E-state index in [1.165, 1.54) is 0 Å². The molecular formula is C27H31N3O2. The van der Waals surface area contributed by atoms with Gasteiger partial charge in [0, 0.05) is 29.2 Å². The van der Waals surface area contributed by atoms with Crippen LogP contribution in [0, 0.1) is 6.92 Å². The molecule has 32 heavy (non-hydrogen) atoms. The molecule has 1 aliphatic carbocycles. The zero-order valence-electron chi connectivity index (χ0n) is 18.7. The van der Waals surface area contributed by atoms with Crippen molar-refractivity contribution in [2.45, 2.75) is 57.7 Å². The normalized spacial score (nSPS) is 19.2. The van der Waals surface area contributed by atoms with E-state index in [0.29, 0.717) is 5.56 Å². The first-order valence-electron chi connectivity index (χ1n) is 11.4. The molecular weight excluding hydrogens is 398 g/mol. The molecule has 1 saturated carbocycles. The van der Waals surface area contributed by atoms with Gasteiger partial charge in [-0.05, 0) is 61.6 Å². The van der Waals surface area contributed by atoms with Crippen molar-refractivity contribution in [2.24, 2.45) is 0 Å². The van der Waals surface area contributed by atoms with E-state index in [0.717, 1.165) is 53.6 Å². The van der Waals surface area contributed by atoms with Crippen molar-refractivity contribution in [1.82, 2.24) is 10.3 Å². The molecule has 3 aromatic rings. The number of nitrogens with zero attached hydrogens (tertiary/aromatic N) is 1. The molecule has 0 bridgehead atoms. The second-order valence-electron chi connectivity index (χ2n) is 8.70. The molecule has 1 aliphatic rings. The number of anilines is 1. The molecule has 0 aliphatic heterocycles. The molecule has 4 rings (SSSR count). The Bertz CT molecular complexity index is 1070. The molecule has 1 fully saturated rings. The summed E-state index contributed by atoms with van der Waals surface area (Å²) < 4.78 is 0. The van der Waals surface area contributed by atoms with Gasteiger partial charge in [-0.25, -0.2) is 0 Å². The van der Waals surface area contributed by atoms with Crippen LogP contribution in [0.5, 0.6) is 0 Å². The van der Waals surface area contributed by atoms with Crippen LogP contribution in [0.3, 0.4) is 0 Å². The number of carbonyl (C=O) groups is 1. The summed E-state index contributed by atoms with van der Waals surface area (Å²) in [5.41, 5.74) is 5.87. The molecule has 1 heterocycles. The first-order valence-corrected chi connectivity index (χ1v) is 11.4. The van der Waals surface area contributed by atoms with Gasteiger partial charge < -0.3 is 15.7 Å². The summed E-state index contributed by atoms with van der Waals surface area (Å²) in [7, 11) is 0. The molecule has 0 saturated heterocycles. The van der Waals surface area contributed by atoms with Crippen molar-refractivity contribution in [3.63, 3.8) is 0 Å². The van der Waals surface area contributed by atoms with Gasteiger partial charge in [-0.1, -0.05) is 49.2 Å². The summed E-state index contributed by atoms with van der Waals surface area (Å²) in [4.78, 5) is 17.3. The Morgan fingerprint density at radius 3 is 2.59 bits per heavy atom. The first-order chi connectivity index (χ1) is 15.5. The van der Waals surface area contributed by atoms with Crippen molar-refractivity contribution in [2.75, 3.05) is 5.32 Å². The average Bonchev–Trinajstić information content (AvgIpc) is 2.82. The number of carbonyl (C=O) groups excluding carboxylic acids is 1. The van der Waals surface area contributed by atoms with Crippen LogP contribution in [0.1, 0.15) is 60.1 Å². The van der Waals surface area contributed by atoms with Crippen LogP contribution in [0.15, 0.2) is 67.0 Å². The number of rotatable bonds is 6. The number of aromatic nitrogens is 1. The Labute approximate surface area is 189 Å². The Hall–Kier alpha value is -3.18. The predicted octanol–water partition coefficient (Wildman–Crippen LogP) is 5.26. The average molecular weight is 430 g/mol. The number of aliphatic hydroxyl groups excluding tert-OH is 1. The Morgan fingerprint density at radius 2 is 1.81 bits per heavy atom. The van der Waals surface area contributed by atoms with Crippen LogP contribution < -0.4 is 10.6 Å². The number of nitrogens with one attached hydrogen (secondary N) is 2. The molecule has 1 aromatic heterocycles. The summed E-state index contributed by atoms with van der Waals surface area (Å²) in [6, 6.07) is 17.9. The van der Waals surface area contributed by atoms with Gasteiger partial charge in [-0.3, -0.25) is 9.78 Å². The van der Waals surface area contributed by atoms with Gasteiger partial charge in [0.2, 0.25) is 0 Å². The summed E-state index contributed by atoms with van der Waals surface area (Å²) in [6.07, 6.45) is 6.92. The third kappa shape index (κ3) is 5.17. The van der Waals surface area contributed by atoms with E-state index in [1.54, 1.807) is 0 Å². The number of benzene rings is 2. The lowest BCUT2D eigenvalue weighted by Gasteiger charge is -2.28. The van der Waals surface area contributed by atoms with Gasteiger partial charge in [-0.15, -0.1) is 0 Å². The minimum atomic E-state index is -0.458. The number of aryl methyl sites for hydroxylation is 1. The van der Waals surface area contributed by atoms with E-state index in [-0.39, 0.29) is 18.0 Å². The van der Waals surface area contributed by atoms with Gasteiger partial charge in [0.1, 0.15) is 0 Å². The Balaban J connectivity index is 1.49. The number of aliphatic hydroxyl groups is 1. The van der Waals surface area contributed by atoms with Crippen molar-refractivity contribution in [3.8, 4) is 11.1 Å². The molecule has 5 heteroatoms. The van der Waals surface area contributed by atoms with Crippen LogP contribution in [0.4, 0.5) is 5.69 Å². The minimum absolute atomic E-state index is 0.0170. The number of hydrogen-bond donors (Lipinski definition) is 3. The number of amides is 1. The third-order valence-corrected chi connectivity index (χ3v) is 6.28. The first kappa shape index (κ1) is 22.0. The molecule has 0 spiro atoms. The van der Waals surface area contributed by atoms with Crippen molar-refractivity contribution in [1.29, 1.82) is 0 Å². The van der Waals surface area contributed by atoms with Gasteiger partial charge in [0.25, 0.3) is 5.91 Å². The van der Waals surface area contributed by atoms with Crippen LogP contribution in [0.25, 0.3) is 11.1 Å². The fraction of sp³-hybridized carbons (Fsp3) is 0.333. The fourth-order valence-electron chi connectivity index (χ4n) is 4.25. The van der Waals surface area contributed by atoms with Gasteiger partial charge in [0.05, 0.1) is 18.2 Å². The van der Waals surface area contributed by atoms with Crippen molar-refractivity contribution >= 4 is 11.6 Å². The smallest absolute Gasteiger partial charge is 0.251 e. The van der Waals surface area contributed by atoms with Crippen LogP contribution in [-0.2, 0) is 0 Å². The molecule has 0 radical (unpaired) electrons. The standard InChI is InChI=1S/C27H31N3O2/c1-18-12-13-21(27(32)30-24-10-6-7-11-26(24)31)15-25(18)29-19(2)22-14-23(17-28-16-22)20-8-4-3-5-9-20/h3-5,8-9,12-17,19,24,26,29,31H,6-7,10-11H2,1-2H3,(H,30,32)/t19-,24-,26-/m0/s1. The van der Waals surface area contributed by atoms with E-state index >= 15 is 0 Å². The van der Waals surface area contributed by atoms with E-state index in [2.05, 4.69) is 40.7 Å². The van der Waals surface area contributed by atoms with Gasteiger partial charge in [-0.2, -0.15) is 0 Å². The number of hydrogen-bond acceptors (Lipinski definition) is 4. The summed E-state index contributed by atoms with van der Waals surface area (Å²) >= 11 is 0. The van der Waals surface area contributed by atoms with Gasteiger partial charge in [0.15, 0.2) is 0 Å². The largest absolute Gasteiger partial charge is 0.391 e. The van der Waals surface area contributed by atoms with E-state index < -0.39 is 6.10 Å². The maximum Gasteiger partial charge on any atom is 0.251 e. The maximum atomic E-state index is 12.8. The minimum Gasteiger partial charge on any atom is -0.391 e. The molecule has 166 valence electrons. The highest BCUT2D eigenvalue weighted by Crippen LogP contribution is 2.27. The highest BCUT2D eigenvalue weighted by Gasteiger charge is 2.25. The topological polar surface area (TPSA) is 74.2 Å². The highest BCUT2D eigenvalue weighted by molar-refractivity contribution is 5.95. The maximum absolute atomic E-state index is 12.8. The third-order valence-electron chi connectivity index (χ3n) is 6.28. The summed E-state index contributed by atoms with van der Waals surface area (Å²) in [6.45, 7) is 4.12. The number of pyridine rings is 1. The molecule has 0 unspecified atom stereocenters. The molecule has 3 atom stereocenters. The van der Waals surface area contributed by atoms with E-state index in [1.807, 2.05) is 55.7 Å². The Kier molecular flexibility index (Phi) is 6.86. The summed E-state index contributed by atoms with van der Waals surface area (Å²) in [5, 5.41) is 16.7. The highest BCUT2D eigenvalue weighted by atomic mass is 16.3. The van der Waals surface area contributed by atoms with E-state index in [9.17, 15) is 9.90 Å². The Morgan fingerprint density at radius 1 is 1.03 bits per heavy atom. The van der Waals surface area contributed by atoms with Crippen LogP contribution in [0.2, 0.25) is 0 Å². The van der Waals surface area contributed by atoms with Crippen LogP contribution >= 0.6 is 0 Å². The fourth-order valence-corrected chi connectivity index (χ4v) is 4.25. The quantitative estimate of drug-likeness (QED) is 0.499. The molecule has 2 aromatic carbocycles. The van der Waals surface area contributed by atoms with Crippen molar-refractivity contribution in [3.05, 3.63) is 83.7 Å². The van der Waals surface area contributed by atoms with Crippen molar-refractivity contribution < 1.29 is 9.90 Å². The summed E-state index contributed by atoms with van der Waals surface area (Å²) in [5.74, 6) is -0.139. The molecule has 3 N–H and O–H groups in total.